The van der Waals surface area contributed by atoms with Crippen molar-refractivity contribution >= 4 is 0 Å². The van der Waals surface area contributed by atoms with Gasteiger partial charge in [0.05, 0.1) is 6.61 Å². The molecule has 2 rings (SSSR count). The molecular weight excluding hydrogens is 384 g/mol. The summed E-state index contributed by atoms with van der Waals surface area (Å²) in [5, 5.41) is 56.1. The third-order valence-corrected chi connectivity index (χ3v) is 4.04. The minimum atomic E-state index is -1.37. The van der Waals surface area contributed by atoms with Crippen molar-refractivity contribution in [1.29, 1.82) is 0 Å². The molecular formula is C20H26O9. The summed E-state index contributed by atoms with van der Waals surface area (Å²) in [5.74, 6) is 0.834. The molecule has 0 amide bonds. The average Bonchev–Trinajstić information content (AvgIpc) is 2.72. The zero-order chi connectivity index (χ0) is 21.2. The van der Waals surface area contributed by atoms with Gasteiger partial charge in [0.25, 0.3) is 0 Å². The van der Waals surface area contributed by atoms with Crippen LogP contribution in [0.1, 0.15) is 6.42 Å². The molecule has 0 spiro atoms. The van der Waals surface area contributed by atoms with Crippen molar-refractivity contribution in [3.63, 3.8) is 0 Å². The largest absolute Gasteiger partial charge is 0.486 e. The minimum absolute atomic E-state index is 0.0112. The van der Waals surface area contributed by atoms with Crippen molar-refractivity contribution in [3.05, 3.63) is 42.5 Å². The lowest BCUT2D eigenvalue weighted by atomic mass is 10.0. The molecule has 0 aliphatic heterocycles. The summed E-state index contributed by atoms with van der Waals surface area (Å²) >= 11 is 0. The van der Waals surface area contributed by atoms with E-state index in [1.165, 1.54) is 0 Å². The summed E-state index contributed by atoms with van der Waals surface area (Å²) in [6.45, 7) is -1.69. The van der Waals surface area contributed by atoms with Gasteiger partial charge in [-0.25, -0.2) is 0 Å². The van der Waals surface area contributed by atoms with Gasteiger partial charge in [-0.3, -0.25) is 0 Å². The highest BCUT2D eigenvalue weighted by molar-refractivity contribution is 5.74. The van der Waals surface area contributed by atoms with Gasteiger partial charge in [-0.05, 0) is 23.8 Å². The van der Waals surface area contributed by atoms with Crippen LogP contribution in [0, 0.1) is 0 Å². The van der Waals surface area contributed by atoms with Crippen LogP contribution in [0.4, 0.5) is 0 Å². The Morgan fingerprint density at radius 1 is 0.828 bits per heavy atom. The Morgan fingerprint density at radius 2 is 1.55 bits per heavy atom. The summed E-state index contributed by atoms with van der Waals surface area (Å²) in [5.41, 5.74) is 1.27. The Balaban J connectivity index is 2.35. The minimum Gasteiger partial charge on any atom is -0.486 e. The fourth-order valence-electron chi connectivity index (χ4n) is 2.51. The van der Waals surface area contributed by atoms with Crippen LogP contribution in [0.25, 0.3) is 11.1 Å². The quantitative estimate of drug-likeness (QED) is 0.263. The van der Waals surface area contributed by atoms with Gasteiger partial charge in [-0.1, -0.05) is 24.3 Å². The van der Waals surface area contributed by atoms with Gasteiger partial charge in [-0.15, -0.1) is 0 Å². The maximum absolute atomic E-state index is 9.89. The van der Waals surface area contributed by atoms with E-state index in [0.717, 1.165) is 0 Å². The molecule has 0 bridgehead atoms. The molecule has 0 aliphatic carbocycles. The average molecular weight is 410 g/mol. The highest BCUT2D eigenvalue weighted by Crippen LogP contribution is 2.39. The Kier molecular flexibility index (Phi) is 9.13. The summed E-state index contributed by atoms with van der Waals surface area (Å²) in [7, 11) is 0. The number of para-hydroxylation sites is 1. The van der Waals surface area contributed by atoms with Crippen molar-refractivity contribution in [1.82, 2.24) is 0 Å². The first kappa shape index (κ1) is 22.9. The van der Waals surface area contributed by atoms with Gasteiger partial charge >= 0.3 is 0 Å². The van der Waals surface area contributed by atoms with E-state index in [2.05, 4.69) is 0 Å². The Morgan fingerprint density at radius 3 is 2.17 bits per heavy atom. The third-order valence-electron chi connectivity index (χ3n) is 4.04. The molecule has 2 aromatic carbocycles. The zero-order valence-corrected chi connectivity index (χ0v) is 15.7. The molecule has 0 heterocycles. The summed E-state index contributed by atoms with van der Waals surface area (Å²) in [6.07, 6.45) is -4.00. The van der Waals surface area contributed by atoms with E-state index >= 15 is 0 Å². The molecule has 9 heteroatoms. The van der Waals surface area contributed by atoms with Crippen molar-refractivity contribution < 1.29 is 44.8 Å². The van der Waals surface area contributed by atoms with E-state index in [-0.39, 0.29) is 31.1 Å². The molecule has 160 valence electrons. The second-order valence-corrected chi connectivity index (χ2v) is 6.14. The number of aliphatic hydroxyl groups is 6. The van der Waals surface area contributed by atoms with E-state index in [4.69, 9.17) is 29.5 Å². The number of rotatable bonds is 12. The van der Waals surface area contributed by atoms with E-state index in [0.29, 0.717) is 16.9 Å². The van der Waals surface area contributed by atoms with Crippen LogP contribution in [-0.2, 0) is 0 Å². The van der Waals surface area contributed by atoms with E-state index < -0.39 is 31.9 Å². The molecule has 0 fully saturated rings. The maximum atomic E-state index is 9.89. The van der Waals surface area contributed by atoms with Crippen LogP contribution in [0.2, 0.25) is 0 Å². The second kappa shape index (κ2) is 11.6. The Hall–Kier alpha value is -2.40. The molecule has 0 radical (unpaired) electrons. The number of ether oxygens (including phenoxy) is 3. The monoisotopic (exact) mass is 410 g/mol. The lowest BCUT2D eigenvalue weighted by Gasteiger charge is -2.21. The third kappa shape index (κ3) is 6.57. The number of aliphatic hydroxyl groups excluding tert-OH is 6. The standard InChI is InChI=1S/C20H26O9/c21-9-8-19(26)29-18-3-1-2-15(13-4-6-14(7-5-13)28-12-23)20(18)27-11-17(25)16(24)10-22/h1-7,16-17,19,21-26H,8-12H2. The second-order valence-electron chi connectivity index (χ2n) is 6.14. The number of benzene rings is 2. The van der Waals surface area contributed by atoms with Crippen molar-refractivity contribution in [2.45, 2.75) is 24.9 Å². The van der Waals surface area contributed by atoms with Crippen LogP contribution in [0.3, 0.4) is 0 Å². The fraction of sp³-hybridized carbons (Fsp3) is 0.400. The van der Waals surface area contributed by atoms with Gasteiger partial charge in [0.2, 0.25) is 0 Å². The summed E-state index contributed by atoms with van der Waals surface area (Å²) < 4.78 is 16.1. The molecule has 0 saturated carbocycles. The lowest BCUT2D eigenvalue weighted by Crippen LogP contribution is -2.34. The van der Waals surface area contributed by atoms with Gasteiger partial charge in [0, 0.05) is 18.6 Å². The van der Waals surface area contributed by atoms with Crippen LogP contribution in [0.15, 0.2) is 42.5 Å². The summed E-state index contributed by atoms with van der Waals surface area (Å²) in [4.78, 5) is 0. The first-order valence-corrected chi connectivity index (χ1v) is 9.02. The highest BCUT2D eigenvalue weighted by atomic mass is 16.6. The fourth-order valence-corrected chi connectivity index (χ4v) is 2.51. The molecule has 9 nitrogen and oxygen atoms in total. The number of hydrogen-bond acceptors (Lipinski definition) is 9. The van der Waals surface area contributed by atoms with Crippen molar-refractivity contribution in [2.75, 3.05) is 26.6 Å². The van der Waals surface area contributed by atoms with Crippen molar-refractivity contribution in [2.24, 2.45) is 0 Å². The molecule has 0 saturated heterocycles. The zero-order valence-electron chi connectivity index (χ0n) is 15.7. The first-order chi connectivity index (χ1) is 14.0. The van der Waals surface area contributed by atoms with Gasteiger partial charge in [0.1, 0.15) is 24.6 Å². The molecule has 29 heavy (non-hydrogen) atoms. The van der Waals surface area contributed by atoms with Gasteiger partial charge in [-0.2, -0.15) is 0 Å². The lowest BCUT2D eigenvalue weighted by molar-refractivity contribution is -0.0420. The first-order valence-electron chi connectivity index (χ1n) is 9.02. The van der Waals surface area contributed by atoms with E-state index in [1.807, 2.05) is 0 Å². The van der Waals surface area contributed by atoms with Gasteiger partial charge in [0.15, 0.2) is 24.6 Å². The normalized spacial score (nSPS) is 14.1. The smallest absolute Gasteiger partial charge is 0.199 e. The predicted molar refractivity (Wildman–Crippen MR) is 103 cm³/mol. The molecule has 0 aliphatic rings. The molecule has 3 unspecified atom stereocenters. The predicted octanol–water partition coefficient (Wildman–Crippen LogP) is -0.145. The molecule has 0 aromatic heterocycles. The molecule has 6 N–H and O–H groups in total. The van der Waals surface area contributed by atoms with E-state index in [1.54, 1.807) is 42.5 Å². The van der Waals surface area contributed by atoms with Crippen LogP contribution >= 0.6 is 0 Å². The van der Waals surface area contributed by atoms with Gasteiger partial charge < -0.3 is 44.8 Å². The van der Waals surface area contributed by atoms with E-state index in [9.17, 15) is 15.3 Å². The van der Waals surface area contributed by atoms with Crippen LogP contribution in [-0.4, -0.2) is 75.8 Å². The molecule has 2 aromatic rings. The van der Waals surface area contributed by atoms with Crippen molar-refractivity contribution in [3.8, 4) is 28.4 Å². The molecule has 3 atom stereocenters. The van der Waals surface area contributed by atoms with Crippen LogP contribution in [0.5, 0.6) is 17.2 Å². The summed E-state index contributed by atoms with van der Waals surface area (Å²) in [6, 6.07) is 11.7. The Bertz CT molecular complexity index is 735. The Labute approximate surface area is 168 Å². The SMILES string of the molecule is OCCC(O)Oc1cccc(-c2ccc(OCO)cc2)c1OCC(O)C(O)CO. The van der Waals surface area contributed by atoms with Crippen LogP contribution < -0.4 is 14.2 Å². The number of hydrogen-bond donors (Lipinski definition) is 6. The topological polar surface area (TPSA) is 149 Å². The highest BCUT2D eigenvalue weighted by Gasteiger charge is 2.20. The maximum Gasteiger partial charge on any atom is 0.199 e.